The van der Waals surface area contributed by atoms with E-state index in [-0.39, 0.29) is 5.75 Å². The van der Waals surface area contributed by atoms with Crippen molar-refractivity contribution in [3.8, 4) is 5.75 Å². The topological polar surface area (TPSA) is 56.7 Å². The van der Waals surface area contributed by atoms with Crippen molar-refractivity contribution in [3.63, 3.8) is 0 Å². The highest BCUT2D eigenvalue weighted by molar-refractivity contribution is 7.80. The lowest BCUT2D eigenvalue weighted by Gasteiger charge is -2.06. The molecule has 3 N–H and O–H groups in total. The zero-order valence-corrected chi connectivity index (χ0v) is 11.8. The van der Waals surface area contributed by atoms with Crippen LogP contribution < -0.4 is 10.7 Å². The first-order valence-electron chi connectivity index (χ1n) is 6.10. The van der Waals surface area contributed by atoms with Gasteiger partial charge in [-0.15, -0.1) is 0 Å². The number of hydrogen-bond acceptors (Lipinski definition) is 3. The van der Waals surface area contributed by atoms with Crippen LogP contribution in [0.4, 0.5) is 5.69 Å². The maximum absolute atomic E-state index is 9.67. The van der Waals surface area contributed by atoms with Crippen LogP contribution in [0.25, 0.3) is 0 Å². The number of phenols is 1. The quantitative estimate of drug-likeness (QED) is 0.461. The van der Waals surface area contributed by atoms with E-state index in [1.807, 2.05) is 49.4 Å². The number of thiocarbonyl (C=S) groups is 1. The average Bonchev–Trinajstić information content (AvgIpc) is 2.44. The van der Waals surface area contributed by atoms with E-state index in [1.54, 1.807) is 6.07 Å². The third-order valence-electron chi connectivity index (χ3n) is 2.58. The van der Waals surface area contributed by atoms with Crippen LogP contribution in [0, 0.1) is 6.92 Å². The molecule has 20 heavy (non-hydrogen) atoms. The summed E-state index contributed by atoms with van der Waals surface area (Å²) in [4.78, 5) is 0. The number of aryl methyl sites for hydroxylation is 1. The Bertz CT molecular complexity index is 626. The van der Waals surface area contributed by atoms with E-state index in [9.17, 15) is 5.11 Å². The summed E-state index contributed by atoms with van der Waals surface area (Å²) in [5.41, 5.74) is 5.28. The zero-order chi connectivity index (χ0) is 14.4. The summed E-state index contributed by atoms with van der Waals surface area (Å²) >= 11 is 5.11. The van der Waals surface area contributed by atoms with Crippen LogP contribution >= 0.6 is 12.2 Å². The third kappa shape index (κ3) is 4.07. The van der Waals surface area contributed by atoms with Crippen molar-refractivity contribution in [1.82, 2.24) is 5.43 Å². The van der Waals surface area contributed by atoms with Gasteiger partial charge in [0.2, 0.25) is 0 Å². The number of aromatic hydroxyl groups is 1. The summed E-state index contributed by atoms with van der Waals surface area (Å²) in [5.74, 6) is 0.183. The molecule has 0 saturated heterocycles. The van der Waals surface area contributed by atoms with Crippen LogP contribution in [0.5, 0.6) is 5.75 Å². The van der Waals surface area contributed by atoms with Crippen LogP contribution in [0.3, 0.4) is 0 Å². The molecule has 0 atom stereocenters. The molecule has 0 aromatic heterocycles. The van der Waals surface area contributed by atoms with Gasteiger partial charge in [-0.25, -0.2) is 0 Å². The van der Waals surface area contributed by atoms with Gasteiger partial charge >= 0.3 is 0 Å². The van der Waals surface area contributed by atoms with Crippen LogP contribution in [-0.4, -0.2) is 16.4 Å². The lowest BCUT2D eigenvalue weighted by molar-refractivity contribution is 0.474. The van der Waals surface area contributed by atoms with Crippen LogP contribution in [0.2, 0.25) is 0 Å². The number of phenolic OH excluding ortho intramolecular Hbond substituents is 1. The van der Waals surface area contributed by atoms with Gasteiger partial charge in [0.25, 0.3) is 0 Å². The molecule has 0 fully saturated rings. The van der Waals surface area contributed by atoms with Crippen LogP contribution in [-0.2, 0) is 0 Å². The van der Waals surface area contributed by atoms with Gasteiger partial charge in [-0.3, -0.25) is 5.43 Å². The molecule has 2 aromatic carbocycles. The second-order valence-electron chi connectivity index (χ2n) is 4.25. The first-order valence-corrected chi connectivity index (χ1v) is 6.51. The van der Waals surface area contributed by atoms with E-state index < -0.39 is 0 Å². The summed E-state index contributed by atoms with van der Waals surface area (Å²) < 4.78 is 0. The number of para-hydroxylation sites is 1. The molecule has 0 aliphatic carbocycles. The monoisotopic (exact) mass is 285 g/mol. The van der Waals surface area contributed by atoms with E-state index in [2.05, 4.69) is 15.8 Å². The number of anilines is 1. The maximum atomic E-state index is 9.67. The number of benzene rings is 2. The Morgan fingerprint density at radius 3 is 2.70 bits per heavy atom. The Labute approximate surface area is 123 Å². The van der Waals surface area contributed by atoms with Crippen molar-refractivity contribution >= 4 is 29.2 Å². The normalized spacial score (nSPS) is 10.4. The number of hydrazone groups is 1. The molecule has 4 nitrogen and oxygen atoms in total. The molecule has 2 rings (SSSR count). The van der Waals surface area contributed by atoms with E-state index in [1.165, 1.54) is 6.21 Å². The average molecular weight is 285 g/mol. The Balaban J connectivity index is 1.93. The number of nitrogens with one attached hydrogen (secondary N) is 2. The van der Waals surface area contributed by atoms with Gasteiger partial charge in [-0.2, -0.15) is 5.10 Å². The second-order valence-corrected chi connectivity index (χ2v) is 4.66. The Morgan fingerprint density at radius 1 is 1.20 bits per heavy atom. The fraction of sp³-hybridized carbons (Fsp3) is 0.0667. The molecule has 0 saturated carbocycles. The Kier molecular flexibility index (Phi) is 4.68. The summed E-state index contributed by atoms with van der Waals surface area (Å²) in [6, 6.07) is 14.9. The van der Waals surface area contributed by atoms with Gasteiger partial charge in [0.1, 0.15) is 5.75 Å². The smallest absolute Gasteiger partial charge is 0.191 e. The standard InChI is InChI=1S/C15H15N3OS/c1-11-7-8-14(19)12(9-11)10-16-18-15(20)17-13-5-3-2-4-6-13/h2-10,19H,1H3,(H2,17,18,20). The molecule has 2 aromatic rings. The van der Waals surface area contributed by atoms with Crippen molar-refractivity contribution in [2.75, 3.05) is 5.32 Å². The summed E-state index contributed by atoms with van der Waals surface area (Å²) in [6.07, 6.45) is 1.53. The van der Waals surface area contributed by atoms with E-state index in [0.717, 1.165) is 11.3 Å². The highest BCUT2D eigenvalue weighted by atomic mass is 32.1. The Hall–Kier alpha value is -2.40. The molecule has 0 unspecified atom stereocenters. The van der Waals surface area contributed by atoms with Gasteiger partial charge in [0.15, 0.2) is 5.11 Å². The molecule has 0 radical (unpaired) electrons. The fourth-order valence-electron chi connectivity index (χ4n) is 1.62. The molecule has 102 valence electrons. The third-order valence-corrected chi connectivity index (χ3v) is 2.78. The minimum absolute atomic E-state index is 0.183. The molecule has 0 spiro atoms. The van der Waals surface area contributed by atoms with Gasteiger partial charge in [-0.1, -0.05) is 29.8 Å². The molecular weight excluding hydrogens is 270 g/mol. The molecular formula is C15H15N3OS. The van der Waals surface area contributed by atoms with Crippen LogP contribution in [0.1, 0.15) is 11.1 Å². The predicted octanol–water partition coefficient (Wildman–Crippen LogP) is 3.02. The molecule has 0 aliphatic rings. The first-order chi connectivity index (χ1) is 9.65. The van der Waals surface area contributed by atoms with Crippen LogP contribution in [0.15, 0.2) is 53.6 Å². The van der Waals surface area contributed by atoms with Gasteiger partial charge < -0.3 is 10.4 Å². The lowest BCUT2D eigenvalue weighted by Crippen LogP contribution is -2.23. The minimum Gasteiger partial charge on any atom is -0.507 e. The highest BCUT2D eigenvalue weighted by Gasteiger charge is 1.98. The SMILES string of the molecule is Cc1ccc(O)c(C=NNC(=S)Nc2ccccc2)c1. The zero-order valence-electron chi connectivity index (χ0n) is 11.0. The van der Waals surface area contributed by atoms with Crippen molar-refractivity contribution in [1.29, 1.82) is 0 Å². The van der Waals surface area contributed by atoms with Crippen molar-refractivity contribution in [2.45, 2.75) is 6.92 Å². The maximum Gasteiger partial charge on any atom is 0.191 e. The predicted molar refractivity (Wildman–Crippen MR) is 86.2 cm³/mol. The molecule has 0 aliphatic heterocycles. The number of rotatable bonds is 3. The number of nitrogens with zero attached hydrogens (tertiary/aromatic N) is 1. The fourth-order valence-corrected chi connectivity index (χ4v) is 1.79. The van der Waals surface area contributed by atoms with Crippen molar-refractivity contribution < 1.29 is 5.11 Å². The lowest BCUT2D eigenvalue weighted by atomic mass is 10.1. The molecule has 5 heteroatoms. The van der Waals surface area contributed by atoms with Crippen molar-refractivity contribution in [3.05, 3.63) is 59.7 Å². The van der Waals surface area contributed by atoms with Gasteiger partial charge in [0.05, 0.1) is 6.21 Å². The van der Waals surface area contributed by atoms with E-state index in [4.69, 9.17) is 12.2 Å². The summed E-state index contributed by atoms with van der Waals surface area (Å²) in [6.45, 7) is 1.95. The number of hydrogen-bond donors (Lipinski definition) is 3. The summed E-state index contributed by atoms with van der Waals surface area (Å²) in [5, 5.41) is 17.1. The molecule has 0 amide bonds. The van der Waals surface area contributed by atoms with Crippen molar-refractivity contribution in [2.24, 2.45) is 5.10 Å². The van der Waals surface area contributed by atoms with Gasteiger partial charge in [-0.05, 0) is 43.4 Å². The first kappa shape index (κ1) is 14.0. The summed E-state index contributed by atoms with van der Waals surface area (Å²) in [7, 11) is 0. The minimum atomic E-state index is 0.183. The highest BCUT2D eigenvalue weighted by Crippen LogP contribution is 2.15. The Morgan fingerprint density at radius 2 is 1.95 bits per heavy atom. The van der Waals surface area contributed by atoms with E-state index in [0.29, 0.717) is 10.7 Å². The largest absolute Gasteiger partial charge is 0.507 e. The van der Waals surface area contributed by atoms with Gasteiger partial charge in [0, 0.05) is 11.3 Å². The molecule has 0 bridgehead atoms. The molecule has 0 heterocycles. The van der Waals surface area contributed by atoms with E-state index >= 15 is 0 Å². The second kappa shape index (κ2) is 6.68.